The van der Waals surface area contributed by atoms with Gasteiger partial charge in [0.15, 0.2) is 0 Å². The molecule has 1 aromatic rings. The zero-order valence-electron chi connectivity index (χ0n) is 14.4. The van der Waals surface area contributed by atoms with E-state index in [2.05, 4.69) is 5.32 Å². The van der Waals surface area contributed by atoms with Crippen molar-refractivity contribution in [3.63, 3.8) is 0 Å². The Bertz CT molecular complexity index is 561. The molecule has 1 aromatic carbocycles. The Kier molecular flexibility index (Phi) is 5.29. The van der Waals surface area contributed by atoms with Gasteiger partial charge in [-0.3, -0.25) is 9.59 Å². The van der Waals surface area contributed by atoms with Gasteiger partial charge in [0.05, 0.1) is 7.11 Å². The molecule has 1 N–H and O–H groups in total. The van der Waals surface area contributed by atoms with E-state index in [1.54, 1.807) is 36.3 Å². The van der Waals surface area contributed by atoms with Crippen LogP contribution in [-0.4, -0.2) is 36.4 Å². The van der Waals surface area contributed by atoms with Crippen LogP contribution in [-0.2, 0) is 9.59 Å². The maximum absolute atomic E-state index is 12.5. The van der Waals surface area contributed by atoms with Crippen LogP contribution in [0.15, 0.2) is 24.3 Å². The number of nitrogens with one attached hydrogen (secondary N) is 1. The van der Waals surface area contributed by atoms with Crippen molar-refractivity contribution in [2.24, 2.45) is 5.41 Å². The molecule has 0 unspecified atom stereocenters. The molecule has 1 aliphatic heterocycles. The van der Waals surface area contributed by atoms with Gasteiger partial charge >= 0.3 is 0 Å². The molecule has 5 heteroatoms. The molecule has 23 heavy (non-hydrogen) atoms. The molecule has 0 aliphatic carbocycles. The highest BCUT2D eigenvalue weighted by Gasteiger charge is 2.35. The molecule has 2 amide bonds. The second kappa shape index (κ2) is 7.02. The predicted octanol–water partition coefficient (Wildman–Crippen LogP) is 3.06. The van der Waals surface area contributed by atoms with Gasteiger partial charge in [0.2, 0.25) is 11.8 Å². The first-order valence-electron chi connectivity index (χ1n) is 8.04. The number of amides is 2. The standard InChI is InChI=1S/C18H26N2O3/c1-18(2,3)12-16(21)20-11-5-6-15(20)17(22)19-13-7-9-14(23-4)10-8-13/h7-10,15H,5-6,11-12H2,1-4H3,(H,19,22)/t15-/m1/s1. The van der Waals surface area contributed by atoms with Gasteiger partial charge in [0.1, 0.15) is 11.8 Å². The van der Waals surface area contributed by atoms with Gasteiger partial charge < -0.3 is 15.0 Å². The van der Waals surface area contributed by atoms with Crippen LogP contribution in [0.2, 0.25) is 0 Å². The Morgan fingerprint density at radius 2 is 1.91 bits per heavy atom. The number of likely N-dealkylation sites (tertiary alicyclic amines) is 1. The monoisotopic (exact) mass is 318 g/mol. The van der Waals surface area contributed by atoms with Crippen molar-refractivity contribution in [1.29, 1.82) is 0 Å². The van der Waals surface area contributed by atoms with E-state index in [0.717, 1.165) is 18.6 Å². The Morgan fingerprint density at radius 3 is 2.48 bits per heavy atom. The van der Waals surface area contributed by atoms with Gasteiger partial charge in [0, 0.05) is 18.7 Å². The van der Waals surface area contributed by atoms with Crippen LogP contribution in [0.1, 0.15) is 40.0 Å². The van der Waals surface area contributed by atoms with E-state index in [-0.39, 0.29) is 23.3 Å². The van der Waals surface area contributed by atoms with Crippen LogP contribution in [0, 0.1) is 5.41 Å². The molecular formula is C18H26N2O3. The van der Waals surface area contributed by atoms with Gasteiger partial charge in [-0.05, 0) is 42.5 Å². The smallest absolute Gasteiger partial charge is 0.247 e. The van der Waals surface area contributed by atoms with Crippen LogP contribution < -0.4 is 10.1 Å². The van der Waals surface area contributed by atoms with Crippen LogP contribution in [0.3, 0.4) is 0 Å². The summed E-state index contributed by atoms with van der Waals surface area (Å²) in [6, 6.07) is 6.83. The molecular weight excluding hydrogens is 292 g/mol. The average Bonchev–Trinajstić information content (AvgIpc) is 2.96. The largest absolute Gasteiger partial charge is 0.497 e. The topological polar surface area (TPSA) is 58.6 Å². The van der Waals surface area contributed by atoms with Crippen molar-refractivity contribution in [1.82, 2.24) is 4.90 Å². The summed E-state index contributed by atoms with van der Waals surface area (Å²) in [4.78, 5) is 26.7. The van der Waals surface area contributed by atoms with Crippen LogP contribution in [0.4, 0.5) is 5.69 Å². The normalized spacial score (nSPS) is 17.9. The van der Waals surface area contributed by atoms with E-state index in [4.69, 9.17) is 4.74 Å². The maximum atomic E-state index is 12.5. The summed E-state index contributed by atoms with van der Waals surface area (Å²) < 4.78 is 5.10. The molecule has 0 aromatic heterocycles. The molecule has 0 bridgehead atoms. The number of hydrogen-bond donors (Lipinski definition) is 1. The number of methoxy groups -OCH3 is 1. The molecule has 2 rings (SSSR count). The molecule has 1 fully saturated rings. The zero-order chi connectivity index (χ0) is 17.0. The molecule has 0 saturated carbocycles. The van der Waals surface area contributed by atoms with E-state index in [1.165, 1.54) is 0 Å². The first-order valence-corrected chi connectivity index (χ1v) is 8.04. The average molecular weight is 318 g/mol. The highest BCUT2D eigenvalue weighted by atomic mass is 16.5. The lowest BCUT2D eigenvalue weighted by atomic mass is 9.91. The van der Waals surface area contributed by atoms with Crippen LogP contribution >= 0.6 is 0 Å². The number of hydrogen-bond acceptors (Lipinski definition) is 3. The van der Waals surface area contributed by atoms with E-state index in [1.807, 2.05) is 20.8 Å². The van der Waals surface area contributed by atoms with Crippen molar-refractivity contribution in [3.05, 3.63) is 24.3 Å². The quantitative estimate of drug-likeness (QED) is 0.928. The van der Waals surface area contributed by atoms with Crippen molar-refractivity contribution < 1.29 is 14.3 Å². The minimum atomic E-state index is -0.369. The number of carbonyl (C=O) groups is 2. The molecule has 126 valence electrons. The van der Waals surface area contributed by atoms with Crippen molar-refractivity contribution in [2.75, 3.05) is 19.0 Å². The summed E-state index contributed by atoms with van der Waals surface area (Å²) in [7, 11) is 1.60. The molecule has 5 nitrogen and oxygen atoms in total. The van der Waals surface area contributed by atoms with Crippen molar-refractivity contribution in [3.8, 4) is 5.75 Å². The number of nitrogens with zero attached hydrogens (tertiary/aromatic N) is 1. The van der Waals surface area contributed by atoms with Gasteiger partial charge in [0.25, 0.3) is 0 Å². The summed E-state index contributed by atoms with van der Waals surface area (Å²) in [6.45, 7) is 6.77. The maximum Gasteiger partial charge on any atom is 0.247 e. The Balaban J connectivity index is 2.00. The molecule has 0 spiro atoms. The van der Waals surface area contributed by atoms with Gasteiger partial charge in [-0.15, -0.1) is 0 Å². The Hall–Kier alpha value is -2.04. The molecule has 1 atom stereocenters. The number of rotatable bonds is 4. The van der Waals surface area contributed by atoms with Crippen molar-refractivity contribution in [2.45, 2.75) is 46.1 Å². The lowest BCUT2D eigenvalue weighted by Gasteiger charge is -2.27. The fourth-order valence-corrected chi connectivity index (χ4v) is 2.79. The SMILES string of the molecule is COc1ccc(NC(=O)[C@H]2CCCN2C(=O)CC(C)(C)C)cc1. The Labute approximate surface area is 138 Å². The first-order chi connectivity index (χ1) is 10.8. The van der Waals surface area contributed by atoms with E-state index < -0.39 is 0 Å². The zero-order valence-corrected chi connectivity index (χ0v) is 14.4. The third-order valence-electron chi connectivity index (χ3n) is 3.91. The van der Waals surface area contributed by atoms with Gasteiger partial charge in [-0.2, -0.15) is 0 Å². The number of carbonyl (C=O) groups excluding carboxylic acids is 2. The summed E-state index contributed by atoms with van der Waals surface area (Å²) in [5, 5.41) is 2.89. The third kappa shape index (κ3) is 4.71. The minimum Gasteiger partial charge on any atom is -0.497 e. The summed E-state index contributed by atoms with van der Waals surface area (Å²) in [5.74, 6) is 0.686. The summed E-state index contributed by atoms with van der Waals surface area (Å²) in [6.07, 6.45) is 2.05. The van der Waals surface area contributed by atoms with Crippen LogP contribution in [0.25, 0.3) is 0 Å². The molecule has 0 radical (unpaired) electrons. The summed E-state index contributed by atoms with van der Waals surface area (Å²) in [5.41, 5.74) is 0.641. The number of anilines is 1. The van der Waals surface area contributed by atoms with Crippen LogP contribution in [0.5, 0.6) is 5.75 Å². The Morgan fingerprint density at radius 1 is 1.26 bits per heavy atom. The van der Waals surface area contributed by atoms with E-state index in [0.29, 0.717) is 18.7 Å². The van der Waals surface area contributed by atoms with Crippen molar-refractivity contribution >= 4 is 17.5 Å². The van der Waals surface area contributed by atoms with E-state index in [9.17, 15) is 9.59 Å². The minimum absolute atomic E-state index is 0.0601. The third-order valence-corrected chi connectivity index (χ3v) is 3.91. The molecule has 1 saturated heterocycles. The first kappa shape index (κ1) is 17.3. The highest BCUT2D eigenvalue weighted by Crippen LogP contribution is 2.25. The van der Waals surface area contributed by atoms with Gasteiger partial charge in [-0.1, -0.05) is 20.8 Å². The second-order valence-corrected chi connectivity index (χ2v) is 7.20. The second-order valence-electron chi connectivity index (χ2n) is 7.20. The number of benzene rings is 1. The van der Waals surface area contributed by atoms with E-state index >= 15 is 0 Å². The lowest BCUT2D eigenvalue weighted by Crippen LogP contribution is -2.44. The fraction of sp³-hybridized carbons (Fsp3) is 0.556. The van der Waals surface area contributed by atoms with Gasteiger partial charge in [-0.25, -0.2) is 0 Å². The predicted molar refractivity (Wildman–Crippen MR) is 90.4 cm³/mol. The highest BCUT2D eigenvalue weighted by molar-refractivity contribution is 5.97. The molecule has 1 heterocycles. The lowest BCUT2D eigenvalue weighted by molar-refractivity contribution is -0.138. The fourth-order valence-electron chi connectivity index (χ4n) is 2.79. The number of ether oxygens (including phenoxy) is 1. The summed E-state index contributed by atoms with van der Waals surface area (Å²) >= 11 is 0. The molecule has 1 aliphatic rings.